The average Bonchev–Trinajstić information content (AvgIpc) is 2.14. The average molecular weight is 238 g/mol. The Bertz CT molecular complexity index is 399. The quantitative estimate of drug-likeness (QED) is 0.582. The SMILES string of the molecule is CN(Cc1ccc[n+]([O-])c1)C(=O)OC(C)(C)C. The molecule has 5 heteroatoms. The number of hydrogen-bond acceptors (Lipinski definition) is 3. The molecule has 1 amide bonds. The molecule has 94 valence electrons. The van der Waals surface area contributed by atoms with E-state index in [1.807, 2.05) is 20.8 Å². The van der Waals surface area contributed by atoms with Crippen LogP contribution >= 0.6 is 0 Å². The van der Waals surface area contributed by atoms with Gasteiger partial charge in [-0.25, -0.2) is 4.79 Å². The molecule has 0 aliphatic rings. The second-order valence-electron chi connectivity index (χ2n) is 4.91. The standard InChI is InChI=1S/C12H18N2O3/c1-12(2,3)17-11(15)13(4)8-10-6-5-7-14(16)9-10/h5-7,9H,8H2,1-4H3. The van der Waals surface area contributed by atoms with Crippen LogP contribution < -0.4 is 4.73 Å². The molecule has 0 bridgehead atoms. The first kappa shape index (κ1) is 13.3. The number of nitrogens with zero attached hydrogens (tertiary/aromatic N) is 2. The van der Waals surface area contributed by atoms with Gasteiger partial charge in [-0.1, -0.05) is 0 Å². The van der Waals surface area contributed by atoms with Crippen molar-refractivity contribution in [2.75, 3.05) is 7.05 Å². The molecule has 5 nitrogen and oxygen atoms in total. The van der Waals surface area contributed by atoms with Crippen LogP contribution in [0.1, 0.15) is 26.3 Å². The van der Waals surface area contributed by atoms with Gasteiger partial charge >= 0.3 is 6.09 Å². The van der Waals surface area contributed by atoms with Gasteiger partial charge in [0.25, 0.3) is 0 Å². The van der Waals surface area contributed by atoms with Crippen molar-refractivity contribution in [3.8, 4) is 0 Å². The summed E-state index contributed by atoms with van der Waals surface area (Å²) in [7, 11) is 1.64. The maximum atomic E-state index is 11.7. The summed E-state index contributed by atoms with van der Waals surface area (Å²) in [5.74, 6) is 0. The third-order valence-corrected chi connectivity index (χ3v) is 1.96. The zero-order chi connectivity index (χ0) is 13.1. The molecule has 0 radical (unpaired) electrons. The number of hydrogen-bond donors (Lipinski definition) is 0. The molecule has 1 rings (SSSR count). The molecule has 0 N–H and O–H groups in total. The molecule has 0 fully saturated rings. The van der Waals surface area contributed by atoms with Gasteiger partial charge in [-0.15, -0.1) is 0 Å². The van der Waals surface area contributed by atoms with E-state index in [2.05, 4.69) is 0 Å². The first-order chi connectivity index (χ1) is 7.78. The minimum atomic E-state index is -0.513. The van der Waals surface area contributed by atoms with Crippen molar-refractivity contribution < 1.29 is 14.3 Å². The van der Waals surface area contributed by atoms with E-state index in [-0.39, 0.29) is 0 Å². The Morgan fingerprint density at radius 3 is 2.71 bits per heavy atom. The number of carbonyl (C=O) groups is 1. The smallest absolute Gasteiger partial charge is 0.410 e. The normalized spacial score (nSPS) is 11.1. The van der Waals surface area contributed by atoms with Gasteiger partial charge in [-0.3, -0.25) is 0 Å². The van der Waals surface area contributed by atoms with Crippen LogP contribution in [0, 0.1) is 5.21 Å². The number of amides is 1. The van der Waals surface area contributed by atoms with Crippen molar-refractivity contribution in [1.82, 2.24) is 4.90 Å². The van der Waals surface area contributed by atoms with Crippen LogP contribution in [0.25, 0.3) is 0 Å². The molecular weight excluding hydrogens is 220 g/mol. The molecule has 0 saturated carbocycles. The van der Waals surface area contributed by atoms with Crippen molar-refractivity contribution in [2.24, 2.45) is 0 Å². The monoisotopic (exact) mass is 238 g/mol. The molecule has 0 unspecified atom stereocenters. The van der Waals surface area contributed by atoms with Gasteiger partial charge in [-0.05, 0) is 26.8 Å². The van der Waals surface area contributed by atoms with E-state index in [1.54, 1.807) is 19.2 Å². The van der Waals surface area contributed by atoms with Crippen LogP contribution in [0.4, 0.5) is 4.79 Å². The molecule has 0 atom stereocenters. The third kappa shape index (κ3) is 4.72. The van der Waals surface area contributed by atoms with Crippen molar-refractivity contribution in [3.63, 3.8) is 0 Å². The largest absolute Gasteiger partial charge is 0.619 e. The Balaban J connectivity index is 2.60. The number of ether oxygens (including phenoxy) is 1. The third-order valence-electron chi connectivity index (χ3n) is 1.96. The highest BCUT2D eigenvalue weighted by Gasteiger charge is 2.19. The molecule has 0 spiro atoms. The number of carbonyl (C=O) groups excluding carboxylic acids is 1. The Morgan fingerprint density at radius 1 is 1.53 bits per heavy atom. The van der Waals surface area contributed by atoms with Gasteiger partial charge < -0.3 is 14.8 Å². The Morgan fingerprint density at radius 2 is 2.18 bits per heavy atom. The summed E-state index contributed by atoms with van der Waals surface area (Å²) in [6.45, 7) is 5.78. The summed E-state index contributed by atoms with van der Waals surface area (Å²) in [5, 5.41) is 11.1. The fourth-order valence-electron chi connectivity index (χ4n) is 1.27. The van der Waals surface area contributed by atoms with Crippen molar-refractivity contribution in [3.05, 3.63) is 35.3 Å². The minimum absolute atomic E-state index is 0.345. The Labute approximate surface area is 101 Å². The highest BCUT2D eigenvalue weighted by molar-refractivity contribution is 5.67. The first-order valence-corrected chi connectivity index (χ1v) is 5.40. The molecule has 0 saturated heterocycles. The lowest BCUT2D eigenvalue weighted by atomic mass is 10.2. The van der Waals surface area contributed by atoms with Crippen molar-refractivity contribution in [1.29, 1.82) is 0 Å². The lowest BCUT2D eigenvalue weighted by Crippen LogP contribution is -2.34. The Kier molecular flexibility index (Phi) is 3.93. The zero-order valence-corrected chi connectivity index (χ0v) is 10.6. The van der Waals surface area contributed by atoms with Gasteiger partial charge in [0, 0.05) is 18.7 Å². The number of pyridine rings is 1. The molecule has 1 aromatic heterocycles. The van der Waals surface area contributed by atoms with E-state index in [4.69, 9.17) is 4.74 Å². The van der Waals surface area contributed by atoms with Crippen molar-refractivity contribution in [2.45, 2.75) is 32.9 Å². The second kappa shape index (κ2) is 5.03. The molecule has 1 heterocycles. The molecular formula is C12H18N2O3. The number of aromatic nitrogens is 1. The number of rotatable bonds is 2. The summed E-state index contributed by atoms with van der Waals surface area (Å²) in [6, 6.07) is 3.43. The van der Waals surface area contributed by atoms with E-state index in [0.29, 0.717) is 11.3 Å². The van der Waals surface area contributed by atoms with Crippen LogP contribution in [-0.2, 0) is 11.3 Å². The van der Waals surface area contributed by atoms with E-state index in [0.717, 1.165) is 5.56 Å². The molecule has 0 aromatic carbocycles. The summed E-state index contributed by atoms with van der Waals surface area (Å²) < 4.78 is 5.91. The van der Waals surface area contributed by atoms with Crippen LogP contribution in [0.15, 0.2) is 24.5 Å². The predicted molar refractivity (Wildman–Crippen MR) is 63.1 cm³/mol. The van der Waals surface area contributed by atoms with E-state index in [1.165, 1.54) is 17.3 Å². The Hall–Kier alpha value is -1.78. The van der Waals surface area contributed by atoms with Crippen LogP contribution in [0.5, 0.6) is 0 Å². The van der Waals surface area contributed by atoms with Crippen LogP contribution in [0.3, 0.4) is 0 Å². The summed E-state index contributed by atoms with van der Waals surface area (Å²) >= 11 is 0. The maximum Gasteiger partial charge on any atom is 0.410 e. The van der Waals surface area contributed by atoms with E-state index >= 15 is 0 Å². The first-order valence-electron chi connectivity index (χ1n) is 5.40. The molecule has 17 heavy (non-hydrogen) atoms. The van der Waals surface area contributed by atoms with Gasteiger partial charge in [0.05, 0.1) is 6.54 Å². The predicted octanol–water partition coefficient (Wildman–Crippen LogP) is 1.69. The topological polar surface area (TPSA) is 56.5 Å². The van der Waals surface area contributed by atoms with Crippen LogP contribution in [-0.4, -0.2) is 23.6 Å². The van der Waals surface area contributed by atoms with Crippen LogP contribution in [0.2, 0.25) is 0 Å². The van der Waals surface area contributed by atoms with E-state index < -0.39 is 11.7 Å². The lowest BCUT2D eigenvalue weighted by molar-refractivity contribution is -0.605. The molecule has 0 aliphatic heterocycles. The van der Waals surface area contributed by atoms with Gasteiger partial charge in [0.2, 0.25) is 0 Å². The minimum Gasteiger partial charge on any atom is -0.619 e. The molecule has 0 aliphatic carbocycles. The summed E-state index contributed by atoms with van der Waals surface area (Å²) in [5.41, 5.74) is 0.247. The molecule has 1 aromatic rings. The fraction of sp³-hybridized carbons (Fsp3) is 0.500. The maximum absolute atomic E-state index is 11.7. The highest BCUT2D eigenvalue weighted by atomic mass is 16.6. The lowest BCUT2D eigenvalue weighted by Gasteiger charge is -2.24. The highest BCUT2D eigenvalue weighted by Crippen LogP contribution is 2.10. The second-order valence-corrected chi connectivity index (χ2v) is 4.91. The van der Waals surface area contributed by atoms with Gasteiger partial charge in [-0.2, -0.15) is 4.73 Å². The van der Waals surface area contributed by atoms with Gasteiger partial charge in [0.1, 0.15) is 5.60 Å². The fourth-order valence-corrected chi connectivity index (χ4v) is 1.27. The zero-order valence-electron chi connectivity index (χ0n) is 10.6. The summed E-state index contributed by atoms with van der Waals surface area (Å²) in [6.07, 6.45) is 2.43. The van der Waals surface area contributed by atoms with E-state index in [9.17, 15) is 10.0 Å². The van der Waals surface area contributed by atoms with Gasteiger partial charge in [0.15, 0.2) is 12.4 Å². The van der Waals surface area contributed by atoms with Crippen molar-refractivity contribution >= 4 is 6.09 Å². The summed E-state index contributed by atoms with van der Waals surface area (Å²) in [4.78, 5) is 13.1.